The predicted molar refractivity (Wildman–Crippen MR) is 66.9 cm³/mol. The Morgan fingerprint density at radius 1 is 1.44 bits per heavy atom. The lowest BCUT2D eigenvalue weighted by Crippen LogP contribution is -2.31. The van der Waals surface area contributed by atoms with E-state index in [2.05, 4.69) is 0 Å². The molecule has 6 heteroatoms. The highest BCUT2D eigenvalue weighted by Crippen LogP contribution is 2.23. The number of hydrogen-bond acceptors (Lipinski definition) is 4. The molecule has 1 aromatic heterocycles. The molecule has 16 heavy (non-hydrogen) atoms. The summed E-state index contributed by atoms with van der Waals surface area (Å²) in [6.07, 6.45) is 0.822. The molecule has 4 nitrogen and oxygen atoms in total. The fourth-order valence-electron chi connectivity index (χ4n) is 1.42. The molecule has 0 bridgehead atoms. The Bertz CT molecular complexity index is 426. The minimum absolute atomic E-state index is 0.381. The minimum atomic E-state index is -3.31. The molecule has 92 valence electrons. The largest absolute Gasteiger partial charge is 0.326 e. The molecule has 1 rings (SSSR count). The summed E-state index contributed by atoms with van der Waals surface area (Å²) in [5.74, 6) is 0. The third-order valence-electron chi connectivity index (χ3n) is 2.29. The maximum Gasteiger partial charge on any atom is 0.252 e. The summed E-state index contributed by atoms with van der Waals surface area (Å²) in [5, 5.41) is 1.80. The van der Waals surface area contributed by atoms with Gasteiger partial charge in [0.1, 0.15) is 4.21 Å². The van der Waals surface area contributed by atoms with Crippen LogP contribution in [0.15, 0.2) is 15.7 Å². The first-order valence-electron chi connectivity index (χ1n) is 5.33. The first-order valence-corrected chi connectivity index (χ1v) is 7.65. The van der Waals surface area contributed by atoms with Gasteiger partial charge in [-0.3, -0.25) is 0 Å². The van der Waals surface area contributed by atoms with Crippen molar-refractivity contribution >= 4 is 21.4 Å². The normalized spacial score (nSPS) is 12.2. The fourth-order valence-corrected chi connectivity index (χ4v) is 4.34. The molecule has 0 fully saturated rings. The first kappa shape index (κ1) is 13.6. The molecule has 0 atom stereocenters. The number of rotatable bonds is 6. The summed E-state index contributed by atoms with van der Waals surface area (Å²) in [5.41, 5.74) is 6.34. The Hall–Kier alpha value is -0.430. The Morgan fingerprint density at radius 2 is 2.12 bits per heavy atom. The van der Waals surface area contributed by atoms with E-state index in [1.807, 2.05) is 13.8 Å². The second-order valence-electron chi connectivity index (χ2n) is 3.47. The van der Waals surface area contributed by atoms with E-state index in [0.717, 1.165) is 12.0 Å². The Kier molecular flexibility index (Phi) is 4.91. The van der Waals surface area contributed by atoms with Crippen LogP contribution in [0.5, 0.6) is 0 Å². The van der Waals surface area contributed by atoms with E-state index in [0.29, 0.717) is 23.8 Å². The topological polar surface area (TPSA) is 63.4 Å². The summed E-state index contributed by atoms with van der Waals surface area (Å²) in [6.45, 7) is 5.27. The highest BCUT2D eigenvalue weighted by molar-refractivity contribution is 7.91. The molecule has 0 saturated carbocycles. The van der Waals surface area contributed by atoms with E-state index < -0.39 is 10.0 Å². The van der Waals surface area contributed by atoms with E-state index in [1.165, 1.54) is 15.6 Å². The first-order chi connectivity index (χ1) is 7.56. The van der Waals surface area contributed by atoms with E-state index in [1.54, 1.807) is 11.4 Å². The Balaban J connectivity index is 2.99. The smallest absolute Gasteiger partial charge is 0.252 e. The number of hydrogen-bond donors (Lipinski definition) is 1. The highest BCUT2D eigenvalue weighted by Gasteiger charge is 2.23. The molecule has 0 amide bonds. The van der Waals surface area contributed by atoms with Crippen LogP contribution in [-0.4, -0.2) is 25.8 Å². The molecule has 0 aromatic carbocycles. The van der Waals surface area contributed by atoms with Crippen LogP contribution in [0.25, 0.3) is 0 Å². The van der Waals surface area contributed by atoms with Gasteiger partial charge in [-0.05, 0) is 23.4 Å². The minimum Gasteiger partial charge on any atom is -0.326 e. The third-order valence-corrected chi connectivity index (χ3v) is 5.72. The van der Waals surface area contributed by atoms with E-state index in [4.69, 9.17) is 5.73 Å². The van der Waals surface area contributed by atoms with Crippen molar-refractivity contribution in [3.05, 3.63) is 17.0 Å². The fraction of sp³-hybridized carbons (Fsp3) is 0.600. The van der Waals surface area contributed by atoms with Crippen molar-refractivity contribution in [2.75, 3.05) is 13.1 Å². The SMILES string of the molecule is CCCN(CC)S(=O)(=O)c1cc(CN)cs1. The summed E-state index contributed by atoms with van der Waals surface area (Å²) in [4.78, 5) is 0. The van der Waals surface area contributed by atoms with Gasteiger partial charge in [-0.25, -0.2) is 8.42 Å². The molecule has 2 N–H and O–H groups in total. The van der Waals surface area contributed by atoms with Gasteiger partial charge in [0.15, 0.2) is 0 Å². The van der Waals surface area contributed by atoms with Crippen LogP contribution >= 0.6 is 11.3 Å². The van der Waals surface area contributed by atoms with Gasteiger partial charge in [-0.15, -0.1) is 11.3 Å². The van der Waals surface area contributed by atoms with Crippen LogP contribution in [-0.2, 0) is 16.6 Å². The molecule has 0 aliphatic heterocycles. The van der Waals surface area contributed by atoms with Crippen LogP contribution in [0.3, 0.4) is 0 Å². The summed E-state index contributed by atoms with van der Waals surface area (Å²) >= 11 is 1.24. The number of thiophene rings is 1. The van der Waals surface area contributed by atoms with Gasteiger partial charge in [0.25, 0.3) is 10.0 Å². The Labute approximate surface area is 101 Å². The third kappa shape index (κ3) is 2.82. The summed E-state index contributed by atoms with van der Waals surface area (Å²) in [7, 11) is -3.31. The molecule has 0 unspecified atom stereocenters. The van der Waals surface area contributed by atoms with Crippen molar-refractivity contribution in [2.24, 2.45) is 5.73 Å². The lowest BCUT2D eigenvalue weighted by atomic mass is 10.4. The van der Waals surface area contributed by atoms with Crippen molar-refractivity contribution in [1.82, 2.24) is 4.31 Å². The maximum atomic E-state index is 12.2. The number of nitrogens with two attached hydrogens (primary N) is 1. The van der Waals surface area contributed by atoms with Crippen molar-refractivity contribution in [3.63, 3.8) is 0 Å². The second kappa shape index (κ2) is 5.77. The number of sulfonamides is 1. The van der Waals surface area contributed by atoms with E-state index in [9.17, 15) is 8.42 Å². The molecule has 0 saturated heterocycles. The molecule has 0 aliphatic carbocycles. The van der Waals surface area contributed by atoms with Crippen molar-refractivity contribution < 1.29 is 8.42 Å². The second-order valence-corrected chi connectivity index (χ2v) is 6.55. The lowest BCUT2D eigenvalue weighted by Gasteiger charge is -2.18. The van der Waals surface area contributed by atoms with Crippen LogP contribution in [0.1, 0.15) is 25.8 Å². The monoisotopic (exact) mass is 262 g/mol. The molecular weight excluding hydrogens is 244 g/mol. The van der Waals surface area contributed by atoms with Crippen molar-refractivity contribution in [2.45, 2.75) is 31.0 Å². The summed E-state index contributed by atoms with van der Waals surface area (Å²) in [6, 6.07) is 1.66. The molecule has 0 spiro atoms. The zero-order valence-electron chi connectivity index (χ0n) is 9.64. The predicted octanol–water partition coefficient (Wildman–Crippen LogP) is 1.63. The van der Waals surface area contributed by atoms with Gasteiger partial charge < -0.3 is 5.73 Å². The average molecular weight is 262 g/mol. The number of nitrogens with zero attached hydrogens (tertiary/aromatic N) is 1. The van der Waals surface area contributed by atoms with Crippen molar-refractivity contribution in [1.29, 1.82) is 0 Å². The zero-order chi connectivity index (χ0) is 12.2. The van der Waals surface area contributed by atoms with Gasteiger partial charge in [-0.2, -0.15) is 4.31 Å². The van der Waals surface area contributed by atoms with Gasteiger partial charge in [0.05, 0.1) is 0 Å². The molecule has 1 aromatic rings. The van der Waals surface area contributed by atoms with Crippen LogP contribution < -0.4 is 5.73 Å². The van der Waals surface area contributed by atoms with E-state index >= 15 is 0 Å². The van der Waals surface area contributed by atoms with Crippen LogP contribution in [0.4, 0.5) is 0 Å². The van der Waals surface area contributed by atoms with Crippen LogP contribution in [0.2, 0.25) is 0 Å². The highest BCUT2D eigenvalue weighted by atomic mass is 32.2. The van der Waals surface area contributed by atoms with Gasteiger partial charge in [0.2, 0.25) is 0 Å². The standard InChI is InChI=1S/C10H18N2O2S2/c1-3-5-12(4-2)16(13,14)10-6-9(7-11)8-15-10/h6,8H,3-5,7,11H2,1-2H3. The van der Waals surface area contributed by atoms with Crippen molar-refractivity contribution in [3.8, 4) is 0 Å². The molecule has 0 radical (unpaired) electrons. The van der Waals surface area contributed by atoms with Crippen LogP contribution in [0, 0.1) is 0 Å². The zero-order valence-corrected chi connectivity index (χ0v) is 11.3. The maximum absolute atomic E-state index is 12.2. The van der Waals surface area contributed by atoms with E-state index in [-0.39, 0.29) is 0 Å². The molecular formula is C10H18N2O2S2. The lowest BCUT2D eigenvalue weighted by molar-refractivity contribution is 0.428. The average Bonchev–Trinajstić information content (AvgIpc) is 2.74. The molecule has 1 heterocycles. The Morgan fingerprint density at radius 3 is 2.56 bits per heavy atom. The quantitative estimate of drug-likeness (QED) is 0.847. The van der Waals surface area contributed by atoms with Gasteiger partial charge in [0, 0.05) is 19.6 Å². The van der Waals surface area contributed by atoms with Gasteiger partial charge >= 0.3 is 0 Å². The summed E-state index contributed by atoms with van der Waals surface area (Å²) < 4.78 is 26.2. The molecule has 0 aliphatic rings. The van der Waals surface area contributed by atoms with Gasteiger partial charge in [-0.1, -0.05) is 13.8 Å².